The van der Waals surface area contributed by atoms with Crippen molar-refractivity contribution in [2.24, 2.45) is 0 Å². The quantitative estimate of drug-likeness (QED) is 0.535. The lowest BCUT2D eigenvalue weighted by Crippen LogP contribution is -1.99. The van der Waals surface area contributed by atoms with Crippen molar-refractivity contribution in [1.29, 1.82) is 0 Å². The maximum absolute atomic E-state index is 9.66. The molecule has 0 bridgehead atoms. The zero-order chi connectivity index (χ0) is 10.8. The fourth-order valence-electron chi connectivity index (χ4n) is 1.45. The summed E-state index contributed by atoms with van der Waals surface area (Å²) < 4.78 is 0. The van der Waals surface area contributed by atoms with Gasteiger partial charge in [0.2, 0.25) is 0 Å². The Labute approximate surface area is 89.2 Å². The number of hydrogen-bond donors (Lipinski definition) is 1. The molecule has 1 N–H and O–H groups in total. The van der Waals surface area contributed by atoms with Crippen LogP contribution in [0.2, 0.25) is 0 Å². The molecule has 0 aromatic carbocycles. The van der Waals surface area contributed by atoms with Crippen LogP contribution in [0.25, 0.3) is 0 Å². The van der Waals surface area contributed by atoms with Gasteiger partial charge >= 0.3 is 0 Å². The molecule has 0 saturated carbocycles. The van der Waals surface area contributed by atoms with Gasteiger partial charge in [0.25, 0.3) is 0 Å². The summed E-state index contributed by atoms with van der Waals surface area (Å²) in [7, 11) is 0. The van der Waals surface area contributed by atoms with E-state index in [1.54, 1.807) is 0 Å². The number of unbranched alkanes of at least 4 members (excludes halogenated alkanes) is 4. The van der Waals surface area contributed by atoms with E-state index in [-0.39, 0.29) is 0 Å². The van der Waals surface area contributed by atoms with E-state index in [0.29, 0.717) is 6.10 Å². The van der Waals surface area contributed by atoms with Crippen LogP contribution >= 0.6 is 0 Å². The molecule has 0 aliphatic rings. The molecule has 0 rings (SSSR count). The van der Waals surface area contributed by atoms with Crippen molar-refractivity contribution >= 4 is 0 Å². The first-order valence-electron chi connectivity index (χ1n) is 5.95. The van der Waals surface area contributed by atoms with E-state index in [1.807, 2.05) is 0 Å². The summed E-state index contributed by atoms with van der Waals surface area (Å²) in [5.41, 5.74) is 0.953. The summed E-state index contributed by atoms with van der Waals surface area (Å²) in [5, 5.41) is 9.66. The molecule has 0 aliphatic heterocycles. The monoisotopic (exact) mass is 197 g/mol. The maximum atomic E-state index is 9.66. The molecule has 0 fully saturated rings. The second-order valence-electron chi connectivity index (χ2n) is 3.96. The lowest BCUT2D eigenvalue weighted by atomic mass is 10.00. The van der Waals surface area contributed by atoms with Gasteiger partial charge < -0.3 is 5.11 Å². The number of rotatable bonds is 9. The second-order valence-corrected chi connectivity index (χ2v) is 3.96. The zero-order valence-corrected chi connectivity index (χ0v) is 9.81. The first-order chi connectivity index (χ1) is 6.72. The third-order valence-corrected chi connectivity index (χ3v) is 2.51. The predicted molar refractivity (Wildman–Crippen MR) is 62.6 cm³/mol. The van der Waals surface area contributed by atoms with Gasteiger partial charge in [-0.15, -0.1) is 0 Å². The van der Waals surface area contributed by atoms with E-state index in [4.69, 9.17) is 0 Å². The van der Waals surface area contributed by atoms with E-state index in [9.17, 15) is 5.11 Å². The molecule has 83 valence electrons. The fraction of sp³-hybridized carbons (Fsp3) is 0.769. The lowest BCUT2D eigenvalue weighted by molar-refractivity contribution is 0.298. The van der Waals surface area contributed by atoms with Crippen molar-refractivity contribution in [2.45, 2.75) is 65.2 Å². The summed E-state index contributed by atoms with van der Waals surface area (Å²) in [4.78, 5) is 0. The van der Waals surface area contributed by atoms with Crippen molar-refractivity contribution in [3.8, 4) is 0 Å². The Hall–Kier alpha value is -0.300. The van der Waals surface area contributed by atoms with Crippen molar-refractivity contribution in [1.82, 2.24) is 0 Å². The predicted octanol–water partition coefficient (Wildman–Crippen LogP) is 4.61. The van der Waals surface area contributed by atoms with Crippen molar-refractivity contribution in [2.75, 3.05) is 0 Å². The number of hydrogen-bond acceptors (Lipinski definition) is 1. The van der Waals surface area contributed by atoms with Gasteiger partial charge in [-0.25, -0.2) is 0 Å². The van der Waals surface area contributed by atoms with Gasteiger partial charge in [0.15, 0.2) is 0 Å². The Morgan fingerprint density at radius 2 is 1.43 bits per heavy atom. The minimum atomic E-state index is 0.537. The van der Waals surface area contributed by atoms with Gasteiger partial charge in [0.1, 0.15) is 6.10 Å². The molecule has 0 unspecified atom stereocenters. The van der Waals surface area contributed by atoms with Crippen molar-refractivity contribution < 1.29 is 5.11 Å². The molecular formula is C13H25O. The van der Waals surface area contributed by atoms with E-state index < -0.39 is 0 Å². The molecule has 0 heterocycles. The van der Waals surface area contributed by atoms with Crippen LogP contribution in [0.1, 0.15) is 65.2 Å². The van der Waals surface area contributed by atoms with Crippen LogP contribution in [0.15, 0.2) is 12.2 Å². The summed E-state index contributed by atoms with van der Waals surface area (Å²) in [6.45, 7) is 8.28. The molecule has 1 nitrogen and oxygen atoms in total. The molecule has 0 aromatic rings. The molecular weight excluding hydrogens is 172 g/mol. The summed E-state index contributed by atoms with van der Waals surface area (Å²) in [5.74, 6) is 0. The van der Waals surface area contributed by atoms with Crippen LogP contribution in [0.3, 0.4) is 0 Å². The van der Waals surface area contributed by atoms with E-state index in [2.05, 4.69) is 20.4 Å². The molecule has 0 aliphatic carbocycles. The van der Waals surface area contributed by atoms with Gasteiger partial charge in [0, 0.05) is 0 Å². The summed E-state index contributed by atoms with van der Waals surface area (Å²) in [6, 6.07) is 0. The van der Waals surface area contributed by atoms with Crippen LogP contribution in [0.5, 0.6) is 0 Å². The van der Waals surface area contributed by atoms with Gasteiger partial charge in [-0.05, 0) is 24.8 Å². The Bertz CT molecular complexity index is 140. The standard InChI is InChI=1S/C13H25O/c1-4-6-8-10-12(3)13(14)11-9-7-5-2/h14H,3-11H2,1-2H3. The molecule has 14 heavy (non-hydrogen) atoms. The van der Waals surface area contributed by atoms with Crippen LogP contribution in [0.4, 0.5) is 0 Å². The second kappa shape index (κ2) is 9.26. The Morgan fingerprint density at radius 3 is 1.93 bits per heavy atom. The van der Waals surface area contributed by atoms with Crippen molar-refractivity contribution in [3.63, 3.8) is 0 Å². The highest BCUT2D eigenvalue weighted by Crippen LogP contribution is 2.21. The first-order valence-corrected chi connectivity index (χ1v) is 5.95. The number of aliphatic hydroxyl groups is 1. The molecule has 0 saturated heterocycles. The molecule has 0 amide bonds. The first kappa shape index (κ1) is 13.7. The van der Waals surface area contributed by atoms with Gasteiger partial charge in [-0.1, -0.05) is 52.5 Å². The van der Waals surface area contributed by atoms with Crippen molar-refractivity contribution in [3.05, 3.63) is 18.3 Å². The maximum Gasteiger partial charge on any atom is 0.118 e. The highest BCUT2D eigenvalue weighted by atomic mass is 16.3. The van der Waals surface area contributed by atoms with Crippen LogP contribution in [-0.2, 0) is 0 Å². The van der Waals surface area contributed by atoms with Crippen LogP contribution in [-0.4, -0.2) is 5.11 Å². The zero-order valence-electron chi connectivity index (χ0n) is 9.81. The summed E-state index contributed by atoms with van der Waals surface area (Å²) >= 11 is 0. The summed E-state index contributed by atoms with van der Waals surface area (Å²) in [6.07, 6.45) is 9.44. The van der Waals surface area contributed by atoms with Crippen LogP contribution < -0.4 is 0 Å². The lowest BCUT2D eigenvalue weighted by Gasteiger charge is -2.11. The largest absolute Gasteiger partial charge is 0.382 e. The minimum absolute atomic E-state index is 0.537. The minimum Gasteiger partial charge on any atom is -0.382 e. The van der Waals surface area contributed by atoms with Gasteiger partial charge in [0.05, 0.1) is 0 Å². The van der Waals surface area contributed by atoms with Crippen LogP contribution in [0, 0.1) is 6.10 Å². The highest BCUT2D eigenvalue weighted by Gasteiger charge is 2.08. The third-order valence-electron chi connectivity index (χ3n) is 2.51. The Balaban J connectivity index is 3.44. The average Bonchev–Trinajstić information content (AvgIpc) is 2.18. The molecule has 0 atom stereocenters. The normalized spacial score (nSPS) is 10.9. The SMILES string of the molecule is C=C(CCCCC)[C](O)CCCCC. The topological polar surface area (TPSA) is 20.2 Å². The van der Waals surface area contributed by atoms with Gasteiger partial charge in [-0.3, -0.25) is 0 Å². The fourth-order valence-corrected chi connectivity index (χ4v) is 1.45. The Morgan fingerprint density at radius 1 is 0.929 bits per heavy atom. The average molecular weight is 197 g/mol. The highest BCUT2D eigenvalue weighted by molar-refractivity contribution is 5.13. The molecule has 1 heteroatoms. The molecule has 1 radical (unpaired) electrons. The Kier molecular flexibility index (Phi) is 9.06. The van der Waals surface area contributed by atoms with E-state index in [1.165, 1.54) is 25.7 Å². The van der Waals surface area contributed by atoms with E-state index >= 15 is 0 Å². The number of aliphatic hydroxyl groups excluding tert-OH is 1. The third kappa shape index (κ3) is 7.14. The van der Waals surface area contributed by atoms with E-state index in [0.717, 1.165) is 31.3 Å². The van der Waals surface area contributed by atoms with Gasteiger partial charge in [-0.2, -0.15) is 0 Å². The molecule has 0 aromatic heterocycles. The smallest absolute Gasteiger partial charge is 0.118 e. The molecule has 0 spiro atoms.